The average molecular weight is 750 g/mol. The number of anilines is 3. The van der Waals surface area contributed by atoms with E-state index in [4.69, 9.17) is 23.9 Å². The molecule has 0 aliphatic heterocycles. The predicted octanol–water partition coefficient (Wildman–Crippen LogP) is 2.75. The summed E-state index contributed by atoms with van der Waals surface area (Å²) >= 11 is 0. The standard InChI is InChI=1S/C38H55N9O7/c1-6-18-46-36(49)31-28-41-37(44-35(31)47(46)33-10-7-9-32(43-33)38(2,3)50)42-29-11-13-30(14-12-29)45(5)19-8-16-40-34(48)15-20-51-22-24-53-26-27-54-25-23-52-21-17-39-4/h6-7,9-14,28,39,50H,1,8,15-27H2,2-5H3,(H,40,48)(H,41,42,44). The van der Waals surface area contributed by atoms with E-state index in [1.165, 1.54) is 10.9 Å². The van der Waals surface area contributed by atoms with E-state index in [0.29, 0.717) is 94.3 Å². The van der Waals surface area contributed by atoms with E-state index >= 15 is 0 Å². The van der Waals surface area contributed by atoms with Crippen LogP contribution in [0, 0.1) is 0 Å². The number of amides is 1. The van der Waals surface area contributed by atoms with Crippen LogP contribution in [0.5, 0.6) is 0 Å². The minimum absolute atomic E-state index is 0.0482. The Balaban J connectivity index is 1.18. The van der Waals surface area contributed by atoms with Gasteiger partial charge < -0.3 is 44.9 Å². The lowest BCUT2D eigenvalue weighted by molar-refractivity contribution is -0.122. The van der Waals surface area contributed by atoms with E-state index in [9.17, 15) is 14.7 Å². The SMILES string of the molecule is C=CCn1c(=O)c2cnc(Nc3ccc(N(C)CCCNC(=O)CCOCCOCCOCCOCCNC)cc3)nc2n1-c1cccc(C(C)(C)O)n1. The number of hydrogen-bond donors (Lipinski definition) is 4. The largest absolute Gasteiger partial charge is 0.384 e. The molecule has 4 rings (SSSR count). The Labute approximate surface area is 316 Å². The number of carbonyl (C=O) groups excluding carboxylic acids is 1. The Morgan fingerprint density at radius 2 is 1.61 bits per heavy atom. The lowest BCUT2D eigenvalue weighted by Crippen LogP contribution is -2.28. The number of nitrogens with zero attached hydrogens (tertiary/aromatic N) is 6. The monoisotopic (exact) mass is 749 g/mol. The molecule has 16 nitrogen and oxygen atoms in total. The molecule has 0 bridgehead atoms. The molecule has 16 heteroatoms. The zero-order chi connectivity index (χ0) is 38.8. The molecule has 1 amide bonds. The van der Waals surface area contributed by atoms with Crippen LogP contribution in [0.1, 0.15) is 32.4 Å². The number of aromatic nitrogens is 5. The van der Waals surface area contributed by atoms with Crippen molar-refractivity contribution in [2.45, 2.75) is 38.8 Å². The van der Waals surface area contributed by atoms with Gasteiger partial charge in [-0.1, -0.05) is 12.1 Å². The number of aliphatic hydroxyl groups is 1. The van der Waals surface area contributed by atoms with Gasteiger partial charge in [-0.25, -0.2) is 19.3 Å². The molecule has 294 valence electrons. The van der Waals surface area contributed by atoms with Crippen molar-refractivity contribution in [3.8, 4) is 5.82 Å². The van der Waals surface area contributed by atoms with E-state index in [-0.39, 0.29) is 18.0 Å². The van der Waals surface area contributed by atoms with Crippen LogP contribution in [0.3, 0.4) is 0 Å². The van der Waals surface area contributed by atoms with Crippen LogP contribution in [0.4, 0.5) is 17.3 Å². The number of ether oxygens (including phenoxy) is 4. The van der Waals surface area contributed by atoms with E-state index in [1.807, 2.05) is 38.4 Å². The van der Waals surface area contributed by atoms with Crippen molar-refractivity contribution in [2.24, 2.45) is 0 Å². The number of allylic oxidation sites excluding steroid dienone is 1. The first-order chi connectivity index (χ1) is 26.1. The molecule has 4 aromatic rings. The van der Waals surface area contributed by atoms with Gasteiger partial charge in [0.25, 0.3) is 5.56 Å². The van der Waals surface area contributed by atoms with Crippen molar-refractivity contribution in [3.63, 3.8) is 0 Å². The van der Waals surface area contributed by atoms with Crippen molar-refractivity contribution in [3.05, 3.63) is 77.4 Å². The smallest absolute Gasteiger partial charge is 0.278 e. The third kappa shape index (κ3) is 13.0. The molecule has 0 saturated heterocycles. The third-order valence-corrected chi connectivity index (χ3v) is 8.20. The molecular weight excluding hydrogens is 694 g/mol. The maximum atomic E-state index is 13.3. The summed E-state index contributed by atoms with van der Waals surface area (Å²) in [7, 11) is 3.88. The van der Waals surface area contributed by atoms with Crippen molar-refractivity contribution in [2.75, 3.05) is 96.8 Å². The number of hydrogen-bond acceptors (Lipinski definition) is 13. The summed E-state index contributed by atoms with van der Waals surface area (Å²) in [6.45, 7) is 13.4. The van der Waals surface area contributed by atoms with Crippen LogP contribution >= 0.6 is 0 Å². The predicted molar refractivity (Wildman–Crippen MR) is 209 cm³/mol. The molecule has 0 radical (unpaired) electrons. The molecule has 3 heterocycles. The van der Waals surface area contributed by atoms with Gasteiger partial charge in [0.1, 0.15) is 11.0 Å². The summed E-state index contributed by atoms with van der Waals surface area (Å²) in [6, 6.07) is 13.1. The minimum Gasteiger partial charge on any atom is -0.384 e. The maximum absolute atomic E-state index is 13.3. The molecule has 0 atom stereocenters. The van der Waals surface area contributed by atoms with Crippen LogP contribution in [-0.4, -0.2) is 122 Å². The molecular formula is C38H55N9O7. The molecule has 4 N–H and O–H groups in total. The fourth-order valence-electron chi connectivity index (χ4n) is 5.28. The van der Waals surface area contributed by atoms with Gasteiger partial charge in [0.15, 0.2) is 11.5 Å². The average Bonchev–Trinajstić information content (AvgIpc) is 3.43. The van der Waals surface area contributed by atoms with Crippen LogP contribution in [0.2, 0.25) is 0 Å². The molecule has 0 saturated carbocycles. The molecule has 3 aromatic heterocycles. The topological polar surface area (TPSA) is 179 Å². The number of nitrogens with one attached hydrogen (secondary N) is 3. The van der Waals surface area contributed by atoms with Gasteiger partial charge in [-0.15, -0.1) is 6.58 Å². The molecule has 54 heavy (non-hydrogen) atoms. The first kappa shape index (κ1) is 42.0. The Hall–Kier alpha value is -4.71. The van der Waals surface area contributed by atoms with Crippen LogP contribution in [-0.2, 0) is 35.9 Å². The van der Waals surface area contributed by atoms with Gasteiger partial charge in [-0.2, -0.15) is 4.98 Å². The maximum Gasteiger partial charge on any atom is 0.278 e. The van der Waals surface area contributed by atoms with Crippen molar-refractivity contribution >= 4 is 34.3 Å². The van der Waals surface area contributed by atoms with Crippen molar-refractivity contribution in [1.29, 1.82) is 0 Å². The highest BCUT2D eigenvalue weighted by molar-refractivity contribution is 5.77. The van der Waals surface area contributed by atoms with Crippen LogP contribution in [0.15, 0.2) is 66.1 Å². The highest BCUT2D eigenvalue weighted by Gasteiger charge is 2.22. The summed E-state index contributed by atoms with van der Waals surface area (Å²) in [5.74, 6) is 0.690. The Bertz CT molecular complexity index is 1810. The van der Waals surface area contributed by atoms with Gasteiger partial charge in [0, 0.05) is 50.7 Å². The first-order valence-electron chi connectivity index (χ1n) is 18.2. The Kier molecular flexibility index (Phi) is 17.0. The highest BCUT2D eigenvalue weighted by Crippen LogP contribution is 2.23. The Morgan fingerprint density at radius 3 is 2.26 bits per heavy atom. The normalized spacial score (nSPS) is 11.6. The van der Waals surface area contributed by atoms with E-state index in [1.54, 1.807) is 42.8 Å². The van der Waals surface area contributed by atoms with E-state index < -0.39 is 5.60 Å². The number of likely N-dealkylation sites (N-methyl/N-ethyl adjacent to an activating group) is 1. The van der Waals surface area contributed by atoms with Gasteiger partial charge in [0.2, 0.25) is 11.9 Å². The van der Waals surface area contributed by atoms with Crippen LogP contribution in [0.25, 0.3) is 16.9 Å². The quantitative estimate of drug-likeness (QED) is 0.0545. The number of carbonyl (C=O) groups is 1. The van der Waals surface area contributed by atoms with Gasteiger partial charge in [-0.3, -0.25) is 9.59 Å². The summed E-state index contributed by atoms with van der Waals surface area (Å²) < 4.78 is 24.9. The molecule has 0 unspecified atom stereocenters. The van der Waals surface area contributed by atoms with E-state index in [2.05, 4.69) is 37.4 Å². The van der Waals surface area contributed by atoms with Gasteiger partial charge >= 0.3 is 0 Å². The van der Waals surface area contributed by atoms with E-state index in [0.717, 1.165) is 30.9 Å². The lowest BCUT2D eigenvalue weighted by atomic mass is 10.1. The highest BCUT2D eigenvalue weighted by atomic mass is 16.6. The molecule has 0 aliphatic rings. The fraction of sp³-hybridized carbons (Fsp3) is 0.500. The summed E-state index contributed by atoms with van der Waals surface area (Å²) in [4.78, 5) is 41.3. The summed E-state index contributed by atoms with van der Waals surface area (Å²) in [5, 5.41) is 20.1. The molecule has 0 spiro atoms. The minimum atomic E-state index is -1.17. The first-order valence-corrected chi connectivity index (χ1v) is 18.2. The number of rotatable bonds is 26. The van der Waals surface area contributed by atoms with Crippen molar-refractivity contribution < 1.29 is 28.8 Å². The molecule has 1 aromatic carbocycles. The summed E-state index contributed by atoms with van der Waals surface area (Å²) in [5.41, 5.74) is 1.15. The number of benzene rings is 1. The second-order valence-corrected chi connectivity index (χ2v) is 13.0. The third-order valence-electron chi connectivity index (χ3n) is 8.20. The lowest BCUT2D eigenvalue weighted by Gasteiger charge is -2.20. The molecule has 0 fully saturated rings. The fourth-order valence-corrected chi connectivity index (χ4v) is 5.28. The van der Waals surface area contributed by atoms with Crippen LogP contribution < -0.4 is 26.4 Å². The van der Waals surface area contributed by atoms with Gasteiger partial charge in [0.05, 0.1) is 65.1 Å². The zero-order valence-electron chi connectivity index (χ0n) is 31.9. The number of fused-ring (bicyclic) bond motifs is 1. The Morgan fingerprint density at radius 1 is 0.944 bits per heavy atom. The second-order valence-electron chi connectivity index (χ2n) is 13.0. The zero-order valence-corrected chi connectivity index (χ0v) is 31.9. The van der Waals surface area contributed by atoms with Crippen molar-refractivity contribution in [1.82, 2.24) is 34.9 Å². The summed E-state index contributed by atoms with van der Waals surface area (Å²) in [6.07, 6.45) is 4.19. The molecule has 0 aliphatic carbocycles. The number of pyridine rings is 1. The second kappa shape index (κ2) is 21.9. The van der Waals surface area contributed by atoms with Gasteiger partial charge in [-0.05, 0) is 63.7 Å².